The third-order valence-electron chi connectivity index (χ3n) is 7.81. The highest BCUT2D eigenvalue weighted by Gasteiger charge is 2.34. The second-order valence-electron chi connectivity index (χ2n) is 11.0. The van der Waals surface area contributed by atoms with Crippen LogP contribution in [0.3, 0.4) is 0 Å². The number of carbonyl (C=O) groups is 2. The molecule has 3 aromatic rings. The van der Waals surface area contributed by atoms with E-state index in [4.69, 9.17) is 11.6 Å². The van der Waals surface area contributed by atoms with Crippen molar-refractivity contribution in [1.29, 1.82) is 0 Å². The standard InChI is InChI=1S/C33H40ClN3O4S/c1-4-30(33(39)35-28-14-7-5-8-15-28)36(22-26-13-11-12-24(2)20-26)32(38)23-37(31-19-18-27(34)21-25(31)3)42(40,41)29-16-9-6-10-17-29/h6,9-13,16-21,28,30H,4-5,7-8,14-15,22-23H2,1-3H3,(H,35,39). The lowest BCUT2D eigenvalue weighted by molar-refractivity contribution is -0.140. The summed E-state index contributed by atoms with van der Waals surface area (Å²) in [4.78, 5) is 29.5. The highest BCUT2D eigenvalue weighted by Crippen LogP contribution is 2.29. The molecule has 0 bridgehead atoms. The van der Waals surface area contributed by atoms with E-state index in [1.54, 1.807) is 43.3 Å². The zero-order valence-electron chi connectivity index (χ0n) is 24.6. The van der Waals surface area contributed by atoms with Gasteiger partial charge in [0.05, 0.1) is 10.6 Å². The normalized spacial score (nSPS) is 14.7. The summed E-state index contributed by atoms with van der Waals surface area (Å²) in [7, 11) is -4.13. The number of nitrogens with zero attached hydrogens (tertiary/aromatic N) is 2. The summed E-state index contributed by atoms with van der Waals surface area (Å²) < 4.78 is 29.2. The van der Waals surface area contributed by atoms with Gasteiger partial charge in [-0.2, -0.15) is 0 Å². The highest BCUT2D eigenvalue weighted by molar-refractivity contribution is 7.92. The molecule has 7 nitrogen and oxygen atoms in total. The first-order valence-corrected chi connectivity index (χ1v) is 16.4. The predicted octanol–water partition coefficient (Wildman–Crippen LogP) is 6.41. The van der Waals surface area contributed by atoms with Gasteiger partial charge >= 0.3 is 0 Å². The number of rotatable bonds is 11. The molecule has 1 unspecified atom stereocenters. The third kappa shape index (κ3) is 7.72. The zero-order chi connectivity index (χ0) is 30.3. The van der Waals surface area contributed by atoms with Crippen molar-refractivity contribution >= 4 is 39.1 Å². The van der Waals surface area contributed by atoms with Gasteiger partial charge in [-0.05, 0) is 74.6 Å². The Kier molecular flexibility index (Phi) is 10.7. The topological polar surface area (TPSA) is 86.8 Å². The summed E-state index contributed by atoms with van der Waals surface area (Å²) >= 11 is 6.20. The van der Waals surface area contributed by atoms with Crippen LogP contribution in [0, 0.1) is 13.8 Å². The lowest BCUT2D eigenvalue weighted by atomic mass is 9.95. The molecule has 9 heteroatoms. The van der Waals surface area contributed by atoms with Crippen molar-refractivity contribution in [3.63, 3.8) is 0 Å². The second kappa shape index (κ2) is 14.2. The molecule has 1 N–H and O–H groups in total. The van der Waals surface area contributed by atoms with Crippen molar-refractivity contribution in [2.24, 2.45) is 0 Å². The molecule has 42 heavy (non-hydrogen) atoms. The van der Waals surface area contributed by atoms with E-state index in [1.165, 1.54) is 17.0 Å². The number of hydrogen-bond acceptors (Lipinski definition) is 4. The molecule has 4 rings (SSSR count). The summed E-state index contributed by atoms with van der Waals surface area (Å²) in [6.45, 7) is 5.31. The van der Waals surface area contributed by atoms with Crippen molar-refractivity contribution in [2.75, 3.05) is 10.8 Å². The van der Waals surface area contributed by atoms with Crippen LogP contribution in [0.5, 0.6) is 0 Å². The molecule has 0 radical (unpaired) electrons. The molecule has 1 atom stereocenters. The third-order valence-corrected chi connectivity index (χ3v) is 9.82. The monoisotopic (exact) mass is 609 g/mol. The van der Waals surface area contributed by atoms with Gasteiger partial charge in [0.25, 0.3) is 10.0 Å². The Bertz CT molecular complexity index is 1490. The first-order valence-electron chi connectivity index (χ1n) is 14.6. The first kappa shape index (κ1) is 31.6. The molecule has 0 heterocycles. The molecule has 1 aliphatic carbocycles. The summed E-state index contributed by atoms with van der Waals surface area (Å²) in [6.07, 6.45) is 5.54. The summed E-state index contributed by atoms with van der Waals surface area (Å²) in [5.74, 6) is -0.665. The van der Waals surface area contributed by atoms with Crippen molar-refractivity contribution in [2.45, 2.75) is 82.8 Å². The molecule has 0 aliphatic heterocycles. The summed E-state index contributed by atoms with van der Waals surface area (Å²) in [5, 5.41) is 3.64. The second-order valence-corrected chi connectivity index (χ2v) is 13.3. The smallest absolute Gasteiger partial charge is 0.264 e. The predicted molar refractivity (Wildman–Crippen MR) is 168 cm³/mol. The van der Waals surface area contributed by atoms with E-state index in [0.717, 1.165) is 47.5 Å². The van der Waals surface area contributed by atoms with Crippen molar-refractivity contribution in [1.82, 2.24) is 10.2 Å². The number of carbonyl (C=O) groups excluding carboxylic acids is 2. The molecule has 0 spiro atoms. The SMILES string of the molecule is CCC(C(=O)NC1CCCCC1)N(Cc1cccc(C)c1)C(=O)CN(c1ccc(Cl)cc1C)S(=O)(=O)c1ccccc1. The number of aryl methyl sites for hydroxylation is 2. The molecule has 1 aliphatic rings. The Balaban J connectivity index is 1.72. The average molecular weight is 610 g/mol. The number of amides is 2. The van der Waals surface area contributed by atoms with Crippen molar-refractivity contribution in [3.05, 3.63) is 94.5 Å². The van der Waals surface area contributed by atoms with E-state index in [2.05, 4.69) is 5.32 Å². The molecule has 1 fully saturated rings. The number of benzene rings is 3. The van der Waals surface area contributed by atoms with Crippen molar-refractivity contribution in [3.8, 4) is 0 Å². The molecule has 2 amide bonds. The van der Waals surface area contributed by atoms with Gasteiger partial charge in [0.15, 0.2) is 0 Å². The summed E-state index contributed by atoms with van der Waals surface area (Å²) in [5.41, 5.74) is 2.87. The van der Waals surface area contributed by atoms with Gasteiger partial charge in [-0.1, -0.05) is 85.8 Å². The fourth-order valence-corrected chi connectivity index (χ4v) is 7.33. The largest absolute Gasteiger partial charge is 0.352 e. The number of sulfonamides is 1. The molecule has 224 valence electrons. The Hall–Kier alpha value is -3.36. The van der Waals surface area contributed by atoms with Crippen LogP contribution in [0.2, 0.25) is 5.02 Å². The van der Waals surface area contributed by atoms with E-state index in [0.29, 0.717) is 22.7 Å². The van der Waals surface area contributed by atoms with Gasteiger partial charge < -0.3 is 10.2 Å². The van der Waals surface area contributed by atoms with Gasteiger partial charge in [-0.3, -0.25) is 13.9 Å². The lowest BCUT2D eigenvalue weighted by Crippen LogP contribution is -2.54. The van der Waals surface area contributed by atoms with E-state index < -0.39 is 28.5 Å². The van der Waals surface area contributed by atoms with Crippen LogP contribution in [0.25, 0.3) is 0 Å². The van der Waals surface area contributed by atoms with Crippen LogP contribution in [0.15, 0.2) is 77.7 Å². The molecule has 3 aromatic carbocycles. The van der Waals surface area contributed by atoms with Gasteiger partial charge in [-0.15, -0.1) is 0 Å². The van der Waals surface area contributed by atoms with Crippen LogP contribution in [-0.2, 0) is 26.2 Å². The van der Waals surface area contributed by atoms with Crippen LogP contribution in [-0.4, -0.2) is 43.8 Å². The molecule has 0 saturated heterocycles. The zero-order valence-corrected chi connectivity index (χ0v) is 26.1. The average Bonchev–Trinajstić information content (AvgIpc) is 2.97. The van der Waals surface area contributed by atoms with E-state index in [1.807, 2.05) is 38.1 Å². The fraction of sp³-hybridized carbons (Fsp3) is 0.394. The van der Waals surface area contributed by atoms with Gasteiger partial charge in [-0.25, -0.2) is 8.42 Å². The molecular weight excluding hydrogens is 570 g/mol. The number of hydrogen-bond donors (Lipinski definition) is 1. The molecular formula is C33H40ClN3O4S. The quantitative estimate of drug-likeness (QED) is 0.272. The lowest BCUT2D eigenvalue weighted by Gasteiger charge is -2.34. The summed E-state index contributed by atoms with van der Waals surface area (Å²) in [6, 6.07) is 20.1. The van der Waals surface area contributed by atoms with E-state index in [-0.39, 0.29) is 23.4 Å². The van der Waals surface area contributed by atoms with E-state index in [9.17, 15) is 18.0 Å². The minimum absolute atomic E-state index is 0.0690. The minimum Gasteiger partial charge on any atom is -0.352 e. The number of halogens is 1. The van der Waals surface area contributed by atoms with Gasteiger partial charge in [0, 0.05) is 17.6 Å². The molecule has 1 saturated carbocycles. The van der Waals surface area contributed by atoms with Crippen LogP contribution >= 0.6 is 11.6 Å². The fourth-order valence-electron chi connectivity index (χ4n) is 5.60. The van der Waals surface area contributed by atoms with Crippen LogP contribution in [0.4, 0.5) is 5.69 Å². The number of nitrogens with one attached hydrogen (secondary N) is 1. The van der Waals surface area contributed by atoms with E-state index >= 15 is 0 Å². The first-order chi connectivity index (χ1) is 20.1. The minimum atomic E-state index is -4.13. The Labute approximate surface area is 254 Å². The van der Waals surface area contributed by atoms with Gasteiger partial charge in [0.1, 0.15) is 12.6 Å². The number of anilines is 1. The Morgan fingerprint density at radius 2 is 1.67 bits per heavy atom. The maximum atomic E-state index is 14.3. The van der Waals surface area contributed by atoms with Gasteiger partial charge in [0.2, 0.25) is 11.8 Å². The van der Waals surface area contributed by atoms with Crippen molar-refractivity contribution < 1.29 is 18.0 Å². The maximum Gasteiger partial charge on any atom is 0.264 e. The maximum absolute atomic E-state index is 14.3. The highest BCUT2D eigenvalue weighted by atomic mass is 35.5. The Morgan fingerprint density at radius 3 is 2.31 bits per heavy atom. The van der Waals surface area contributed by atoms with Crippen LogP contribution in [0.1, 0.15) is 62.1 Å². The van der Waals surface area contributed by atoms with Crippen LogP contribution < -0.4 is 9.62 Å². The molecule has 0 aromatic heterocycles. The Morgan fingerprint density at radius 1 is 0.952 bits per heavy atom.